The van der Waals surface area contributed by atoms with Crippen molar-refractivity contribution < 1.29 is 57.4 Å². The van der Waals surface area contributed by atoms with Gasteiger partial charge in [0.05, 0.1) is 52.5 Å². The molecule has 0 aromatic rings. The zero-order chi connectivity index (χ0) is 42.4. The number of phosphoric acid groups is 1. The highest BCUT2D eigenvalue weighted by Crippen LogP contribution is 2.43. The number of esters is 2. The first-order valence-electron chi connectivity index (χ1n) is 20.9. The Bertz CT molecular complexity index is 1320. The van der Waals surface area contributed by atoms with Crippen LogP contribution >= 0.6 is 7.82 Å². The van der Waals surface area contributed by atoms with Gasteiger partial charge in [-0.05, 0) is 63.7 Å². The Morgan fingerprint density at radius 3 is 2.12 bits per heavy atom. The number of phosphoric ester groups is 1. The highest BCUT2D eigenvalue weighted by Gasteiger charge is 2.39. The van der Waals surface area contributed by atoms with Crippen LogP contribution in [0.15, 0.2) is 72.9 Å². The smallest absolute Gasteiger partial charge is 0.462 e. The molecule has 0 heterocycles. The third-order valence-corrected chi connectivity index (χ3v) is 10.3. The van der Waals surface area contributed by atoms with E-state index in [1.54, 1.807) is 24.3 Å². The van der Waals surface area contributed by atoms with Crippen LogP contribution in [0.1, 0.15) is 110 Å². The first-order valence-corrected chi connectivity index (χ1v) is 22.4. The van der Waals surface area contributed by atoms with Crippen molar-refractivity contribution in [2.45, 2.75) is 135 Å². The van der Waals surface area contributed by atoms with Crippen molar-refractivity contribution in [1.82, 2.24) is 0 Å². The van der Waals surface area contributed by atoms with Gasteiger partial charge in [-0.1, -0.05) is 106 Å². The molecule has 57 heavy (non-hydrogen) atoms. The minimum Gasteiger partial charge on any atom is -0.462 e. The average molecular weight is 825 g/mol. The van der Waals surface area contributed by atoms with Crippen molar-refractivity contribution in [3.8, 4) is 0 Å². The molecule has 0 aromatic carbocycles. The van der Waals surface area contributed by atoms with Crippen molar-refractivity contribution in [3.05, 3.63) is 72.9 Å². The van der Waals surface area contributed by atoms with Crippen LogP contribution in [-0.4, -0.2) is 109 Å². The van der Waals surface area contributed by atoms with E-state index in [1.165, 1.54) is 0 Å². The number of quaternary nitrogens is 1. The second-order valence-corrected chi connectivity index (χ2v) is 17.1. The predicted octanol–water partition coefficient (Wildman–Crippen LogP) is 7.84. The second-order valence-electron chi connectivity index (χ2n) is 15.6. The fourth-order valence-electron chi connectivity index (χ4n) is 5.98. The lowest BCUT2D eigenvalue weighted by Crippen LogP contribution is -2.37. The fourth-order valence-corrected chi connectivity index (χ4v) is 6.72. The maximum atomic E-state index is 12.8. The molecule has 1 fully saturated rings. The summed E-state index contributed by atoms with van der Waals surface area (Å²) < 4.78 is 34.1. The first kappa shape index (κ1) is 52.3. The number of rotatable bonds is 32. The largest absolute Gasteiger partial charge is 0.472 e. The molecule has 7 atom stereocenters. The Kier molecular flexibility index (Phi) is 28.7. The normalized spacial score (nSPS) is 21.5. The van der Waals surface area contributed by atoms with E-state index < -0.39 is 50.8 Å². The summed E-state index contributed by atoms with van der Waals surface area (Å²) in [5, 5.41) is 31.4. The Morgan fingerprint density at radius 2 is 1.47 bits per heavy atom. The molecule has 0 bridgehead atoms. The zero-order valence-electron chi connectivity index (χ0n) is 35.4. The van der Waals surface area contributed by atoms with Crippen LogP contribution in [0.25, 0.3) is 0 Å². The number of likely N-dealkylation sites (N-methyl/N-ethyl adjacent to an activating group) is 1. The Morgan fingerprint density at radius 1 is 0.807 bits per heavy atom. The van der Waals surface area contributed by atoms with Crippen molar-refractivity contribution in [2.24, 2.45) is 11.8 Å². The zero-order valence-corrected chi connectivity index (χ0v) is 36.3. The molecule has 13 heteroatoms. The van der Waals surface area contributed by atoms with Gasteiger partial charge in [0.15, 0.2) is 6.10 Å². The van der Waals surface area contributed by atoms with Gasteiger partial charge >= 0.3 is 19.8 Å². The third kappa shape index (κ3) is 28.4. The minimum absolute atomic E-state index is 0.0364. The monoisotopic (exact) mass is 825 g/mol. The molecular weight excluding hydrogens is 749 g/mol. The van der Waals surface area contributed by atoms with Crippen LogP contribution in [-0.2, 0) is 32.7 Å². The fraction of sp³-hybridized carbons (Fsp3) is 0.682. The molecule has 0 spiro atoms. The van der Waals surface area contributed by atoms with Gasteiger partial charge in [0.25, 0.3) is 0 Å². The van der Waals surface area contributed by atoms with E-state index in [9.17, 15) is 34.4 Å². The summed E-state index contributed by atoms with van der Waals surface area (Å²) in [6.07, 6.45) is 30.9. The molecule has 0 amide bonds. The summed E-state index contributed by atoms with van der Waals surface area (Å²) in [5.74, 6) is -1.79. The van der Waals surface area contributed by atoms with E-state index in [1.807, 2.05) is 21.1 Å². The first-order chi connectivity index (χ1) is 27.2. The Hall–Kier alpha value is -2.67. The van der Waals surface area contributed by atoms with Crippen molar-refractivity contribution in [1.29, 1.82) is 0 Å². The SMILES string of the molecule is CC/C=C\C/C=C\C/C=C\C/C=C\CCCCC(=O)OC[C@H](COP(=O)(O)OCC[N+](C)(C)C)OC(=O)C/C=C\C[C@H]1[C@@H](/C=C/[C@H](O)CCCCC)[C@H](O)C[C@@H]1O. The molecule has 0 saturated heterocycles. The molecule has 1 rings (SSSR count). The van der Waals surface area contributed by atoms with Gasteiger partial charge in [0, 0.05) is 18.8 Å². The number of hydrogen-bond donors (Lipinski definition) is 4. The number of unbranched alkanes of at least 4 members (excludes halogenated alkanes) is 4. The van der Waals surface area contributed by atoms with Gasteiger partial charge < -0.3 is 34.2 Å². The van der Waals surface area contributed by atoms with Gasteiger partial charge in [0.1, 0.15) is 19.8 Å². The molecule has 0 aromatic heterocycles. The quantitative estimate of drug-likeness (QED) is 0.0172. The van der Waals surface area contributed by atoms with Crippen LogP contribution in [0.3, 0.4) is 0 Å². The van der Waals surface area contributed by atoms with E-state index >= 15 is 0 Å². The van der Waals surface area contributed by atoms with Crippen molar-refractivity contribution >= 4 is 19.8 Å². The van der Waals surface area contributed by atoms with Crippen LogP contribution < -0.4 is 0 Å². The van der Waals surface area contributed by atoms with Gasteiger partial charge in [0.2, 0.25) is 0 Å². The number of hydrogen-bond acceptors (Lipinski definition) is 10. The van der Waals surface area contributed by atoms with Gasteiger partial charge in [-0.25, -0.2) is 4.57 Å². The molecule has 1 saturated carbocycles. The van der Waals surface area contributed by atoms with E-state index in [0.29, 0.717) is 30.3 Å². The van der Waals surface area contributed by atoms with Crippen LogP contribution in [0.4, 0.5) is 0 Å². The van der Waals surface area contributed by atoms with Gasteiger partial charge in [-0.2, -0.15) is 0 Å². The molecule has 0 aliphatic heterocycles. The van der Waals surface area contributed by atoms with Crippen LogP contribution in [0.5, 0.6) is 0 Å². The standard InChI is InChI=1S/C44H74NO11P/c1-6-8-10-11-12-13-14-15-16-17-18-19-20-21-23-28-43(49)53-35-38(36-55-57(51,52)54-33-32-45(3,4)5)56-44(50)29-25-24-27-39-40(42(48)34-41(39)47)31-30-37(46)26-22-9-7-2/h8,10,12-13,15-16,18-19,24-25,30-31,37-42,46-48H,6-7,9,11,14,17,20-23,26-29,32-36H2,1-5H3/p+1/b10-8-,13-12-,16-15-,19-18-,25-24-,31-30+/t37-,38-,39+,40-,41+,42-/m1/s1. The summed E-state index contributed by atoms with van der Waals surface area (Å²) in [4.78, 5) is 35.5. The average Bonchev–Trinajstić information content (AvgIpc) is 3.42. The molecular formula is C44H75NO11P+. The summed E-state index contributed by atoms with van der Waals surface area (Å²) in [6.45, 7) is 3.74. The Labute approximate surface area is 343 Å². The number of allylic oxidation sites excluding steroid dienone is 9. The third-order valence-electron chi connectivity index (χ3n) is 9.32. The Balaban J connectivity index is 2.63. The van der Waals surface area contributed by atoms with Crippen molar-refractivity contribution in [2.75, 3.05) is 47.5 Å². The van der Waals surface area contributed by atoms with E-state index in [2.05, 4.69) is 62.5 Å². The number of aliphatic hydroxyl groups is 3. The summed E-state index contributed by atoms with van der Waals surface area (Å²) in [5.41, 5.74) is 0. The summed E-state index contributed by atoms with van der Waals surface area (Å²) in [6, 6.07) is 0. The molecule has 1 aliphatic rings. The summed E-state index contributed by atoms with van der Waals surface area (Å²) >= 11 is 0. The number of ether oxygens (including phenoxy) is 2. The molecule has 12 nitrogen and oxygen atoms in total. The minimum atomic E-state index is -4.48. The highest BCUT2D eigenvalue weighted by molar-refractivity contribution is 7.47. The number of nitrogens with zero attached hydrogens (tertiary/aromatic N) is 1. The second kappa shape index (κ2) is 31.3. The van der Waals surface area contributed by atoms with E-state index in [0.717, 1.165) is 57.8 Å². The predicted molar refractivity (Wildman–Crippen MR) is 226 cm³/mol. The molecule has 1 unspecified atom stereocenters. The molecule has 1 aliphatic carbocycles. The summed E-state index contributed by atoms with van der Waals surface area (Å²) in [7, 11) is 1.24. The van der Waals surface area contributed by atoms with E-state index in [4.69, 9.17) is 18.5 Å². The lowest BCUT2D eigenvalue weighted by Gasteiger charge is -2.24. The van der Waals surface area contributed by atoms with Gasteiger partial charge in [-0.3, -0.25) is 18.6 Å². The number of aliphatic hydroxyl groups excluding tert-OH is 3. The number of carbonyl (C=O) groups excluding carboxylic acids is 2. The lowest BCUT2D eigenvalue weighted by molar-refractivity contribution is -0.870. The lowest BCUT2D eigenvalue weighted by atomic mass is 9.89. The van der Waals surface area contributed by atoms with E-state index in [-0.39, 0.29) is 44.3 Å². The maximum Gasteiger partial charge on any atom is 0.472 e. The maximum absolute atomic E-state index is 12.8. The van der Waals surface area contributed by atoms with Crippen LogP contribution in [0.2, 0.25) is 0 Å². The highest BCUT2D eigenvalue weighted by atomic mass is 31.2. The van der Waals surface area contributed by atoms with Gasteiger partial charge in [-0.15, -0.1) is 0 Å². The topological polar surface area (TPSA) is 169 Å². The number of carbonyl (C=O) groups is 2. The molecule has 4 N–H and O–H groups in total. The molecule has 326 valence electrons. The van der Waals surface area contributed by atoms with Crippen molar-refractivity contribution in [3.63, 3.8) is 0 Å². The van der Waals surface area contributed by atoms with Crippen LogP contribution in [0, 0.1) is 11.8 Å². The molecule has 0 radical (unpaired) electrons.